The van der Waals surface area contributed by atoms with Crippen LogP contribution in [-0.4, -0.2) is 37.5 Å². The molecule has 1 unspecified atom stereocenters. The highest BCUT2D eigenvalue weighted by molar-refractivity contribution is 6.51. The monoisotopic (exact) mass is 460 g/mol. The zero-order valence-corrected chi connectivity index (χ0v) is 19.7. The molecule has 2 aromatic carbocycles. The number of furan rings is 1. The summed E-state index contributed by atoms with van der Waals surface area (Å²) in [5, 5.41) is 11.3. The molecule has 176 valence electrons. The van der Waals surface area contributed by atoms with E-state index in [1.165, 1.54) is 4.90 Å². The molecule has 1 aromatic heterocycles. The first-order valence-corrected chi connectivity index (χ1v) is 11.2. The fourth-order valence-electron chi connectivity index (χ4n) is 3.99. The van der Waals surface area contributed by atoms with E-state index >= 15 is 0 Å². The van der Waals surface area contributed by atoms with E-state index in [9.17, 15) is 14.7 Å². The lowest BCUT2D eigenvalue weighted by Crippen LogP contribution is -2.29. The predicted octanol–water partition coefficient (Wildman–Crippen LogP) is 5.07. The van der Waals surface area contributed by atoms with Crippen LogP contribution in [0.1, 0.15) is 36.5 Å². The van der Waals surface area contributed by atoms with Gasteiger partial charge in [-0.05, 0) is 61.9 Å². The van der Waals surface area contributed by atoms with Crippen LogP contribution in [0.2, 0.25) is 0 Å². The van der Waals surface area contributed by atoms with Gasteiger partial charge >= 0.3 is 0 Å². The lowest BCUT2D eigenvalue weighted by Gasteiger charge is -2.24. The maximum absolute atomic E-state index is 13.2. The number of benzene rings is 2. The van der Waals surface area contributed by atoms with Crippen LogP contribution in [0.25, 0.3) is 5.76 Å². The van der Waals surface area contributed by atoms with E-state index in [1.54, 1.807) is 55.5 Å². The molecule has 7 nitrogen and oxygen atoms in total. The van der Waals surface area contributed by atoms with Crippen LogP contribution in [0.5, 0.6) is 5.75 Å². The topological polar surface area (TPSA) is 83.2 Å². The van der Waals surface area contributed by atoms with Gasteiger partial charge < -0.3 is 19.2 Å². The van der Waals surface area contributed by atoms with E-state index in [0.717, 1.165) is 12.1 Å². The van der Waals surface area contributed by atoms with Crippen molar-refractivity contribution in [2.24, 2.45) is 0 Å². The Labute approximate surface area is 198 Å². The van der Waals surface area contributed by atoms with Gasteiger partial charge in [-0.1, -0.05) is 19.1 Å². The van der Waals surface area contributed by atoms with Gasteiger partial charge in [0.2, 0.25) is 0 Å². The number of aliphatic hydroxyl groups is 1. The summed E-state index contributed by atoms with van der Waals surface area (Å²) < 4.78 is 11.5. The normalized spacial score (nSPS) is 17.3. The summed E-state index contributed by atoms with van der Waals surface area (Å²) in [6.07, 6.45) is 0.839. The SMILES string of the molecule is CCCOc1cccc(/C(O)=C2/C(=O)C(=O)N(c3ccc(N(C)C)cc3)C2c2ccc(C)o2)c1. The third-order valence-electron chi connectivity index (χ3n) is 5.70. The van der Waals surface area contributed by atoms with Crippen LogP contribution < -0.4 is 14.5 Å². The molecule has 0 spiro atoms. The third-order valence-corrected chi connectivity index (χ3v) is 5.70. The fraction of sp³-hybridized carbons (Fsp3) is 0.259. The molecular weight excluding hydrogens is 432 g/mol. The minimum absolute atomic E-state index is 0.0244. The molecule has 0 bridgehead atoms. The summed E-state index contributed by atoms with van der Waals surface area (Å²) in [5.41, 5.74) is 1.85. The van der Waals surface area contributed by atoms with Crippen LogP contribution in [0.3, 0.4) is 0 Å². The van der Waals surface area contributed by atoms with Gasteiger partial charge in [0.25, 0.3) is 11.7 Å². The zero-order valence-electron chi connectivity index (χ0n) is 19.7. The first-order valence-electron chi connectivity index (χ1n) is 11.2. The van der Waals surface area contributed by atoms with Crippen molar-refractivity contribution in [3.63, 3.8) is 0 Å². The van der Waals surface area contributed by atoms with Crippen LogP contribution in [-0.2, 0) is 9.59 Å². The van der Waals surface area contributed by atoms with Crippen molar-refractivity contribution in [3.05, 3.63) is 83.3 Å². The van der Waals surface area contributed by atoms with Crippen LogP contribution in [0.15, 0.2) is 70.7 Å². The van der Waals surface area contributed by atoms with Crippen LogP contribution in [0.4, 0.5) is 11.4 Å². The molecule has 7 heteroatoms. The van der Waals surface area contributed by atoms with Crippen LogP contribution >= 0.6 is 0 Å². The molecule has 1 aliphatic rings. The Morgan fingerprint density at radius 2 is 1.82 bits per heavy atom. The predicted molar refractivity (Wildman–Crippen MR) is 131 cm³/mol. The highest BCUT2D eigenvalue weighted by Crippen LogP contribution is 2.43. The molecule has 4 rings (SSSR count). The van der Waals surface area contributed by atoms with E-state index in [4.69, 9.17) is 9.15 Å². The highest BCUT2D eigenvalue weighted by atomic mass is 16.5. The van der Waals surface area contributed by atoms with E-state index < -0.39 is 17.7 Å². The molecule has 1 saturated heterocycles. The zero-order chi connectivity index (χ0) is 24.4. The Kier molecular flexibility index (Phi) is 6.45. The molecule has 3 aromatic rings. The van der Waals surface area contributed by atoms with Gasteiger partial charge in [0, 0.05) is 31.0 Å². The Bertz CT molecular complexity index is 1240. The number of aryl methyl sites for hydroxylation is 1. The smallest absolute Gasteiger partial charge is 0.300 e. The van der Waals surface area contributed by atoms with Crippen molar-refractivity contribution < 1.29 is 23.8 Å². The maximum Gasteiger partial charge on any atom is 0.300 e. The van der Waals surface area contributed by atoms with Crippen LogP contribution in [0, 0.1) is 6.92 Å². The summed E-state index contributed by atoms with van der Waals surface area (Å²) in [4.78, 5) is 29.8. The van der Waals surface area contributed by atoms with Gasteiger partial charge in [0.05, 0.1) is 12.2 Å². The van der Waals surface area contributed by atoms with Gasteiger partial charge in [-0.15, -0.1) is 0 Å². The largest absolute Gasteiger partial charge is 0.507 e. The van der Waals surface area contributed by atoms with E-state index in [0.29, 0.717) is 35.1 Å². The van der Waals surface area contributed by atoms with Crippen molar-refractivity contribution in [3.8, 4) is 5.75 Å². The standard InChI is InChI=1S/C27H28N2O5/c1-5-15-33-21-8-6-7-18(16-21)25(30)23-24(22-14-9-17(2)34-22)29(27(32)26(23)31)20-12-10-19(11-13-20)28(3)4/h6-14,16,24,30H,5,15H2,1-4H3/b25-23-. The van der Waals surface area contributed by atoms with E-state index in [2.05, 4.69) is 0 Å². The summed E-state index contributed by atoms with van der Waals surface area (Å²) in [7, 11) is 3.84. The molecule has 0 saturated carbocycles. The molecule has 0 aliphatic carbocycles. The second kappa shape index (κ2) is 9.47. The lowest BCUT2D eigenvalue weighted by atomic mass is 9.99. The number of amides is 1. The van der Waals surface area contributed by atoms with Gasteiger partial charge in [0.15, 0.2) is 0 Å². The molecule has 1 amide bonds. The molecule has 34 heavy (non-hydrogen) atoms. The molecule has 1 atom stereocenters. The molecule has 1 fully saturated rings. The Morgan fingerprint density at radius 1 is 1.09 bits per heavy atom. The van der Waals surface area contributed by atoms with Crippen molar-refractivity contribution in [1.29, 1.82) is 0 Å². The third kappa shape index (κ3) is 4.29. The minimum atomic E-state index is -0.904. The Morgan fingerprint density at radius 3 is 2.44 bits per heavy atom. The fourth-order valence-corrected chi connectivity index (χ4v) is 3.99. The van der Waals surface area contributed by atoms with Crippen molar-refractivity contribution in [2.45, 2.75) is 26.3 Å². The second-order valence-corrected chi connectivity index (χ2v) is 8.40. The second-order valence-electron chi connectivity index (χ2n) is 8.40. The molecule has 0 radical (unpaired) electrons. The first-order chi connectivity index (χ1) is 16.3. The number of ketones is 1. The van der Waals surface area contributed by atoms with Gasteiger partial charge in [-0.2, -0.15) is 0 Å². The quantitative estimate of drug-likeness (QED) is 0.301. The number of ether oxygens (including phenoxy) is 1. The number of nitrogens with zero attached hydrogens (tertiary/aromatic N) is 2. The summed E-state index contributed by atoms with van der Waals surface area (Å²) in [6, 6.07) is 16.7. The van der Waals surface area contributed by atoms with Crippen molar-refractivity contribution in [1.82, 2.24) is 0 Å². The number of rotatable bonds is 7. The first kappa shape index (κ1) is 23.2. The number of hydrogen-bond donors (Lipinski definition) is 1. The molecule has 1 aliphatic heterocycles. The highest BCUT2D eigenvalue weighted by Gasteiger charge is 2.48. The number of hydrogen-bond acceptors (Lipinski definition) is 6. The van der Waals surface area contributed by atoms with E-state index in [-0.39, 0.29) is 11.3 Å². The Balaban J connectivity index is 1.84. The van der Waals surface area contributed by atoms with Gasteiger partial charge in [-0.3, -0.25) is 14.5 Å². The average molecular weight is 461 g/mol. The molecule has 2 heterocycles. The molecule has 1 N–H and O–H groups in total. The summed E-state index contributed by atoms with van der Waals surface area (Å²) in [6.45, 7) is 4.32. The van der Waals surface area contributed by atoms with Crippen molar-refractivity contribution >= 4 is 28.8 Å². The average Bonchev–Trinajstić information content (AvgIpc) is 3.38. The number of carbonyl (C=O) groups is 2. The maximum atomic E-state index is 13.2. The number of carbonyl (C=O) groups excluding carboxylic acids is 2. The summed E-state index contributed by atoms with van der Waals surface area (Å²) in [5.74, 6) is -0.159. The molecular formula is C27H28N2O5. The number of aliphatic hydroxyl groups excluding tert-OH is 1. The Hall–Kier alpha value is -4.00. The number of Topliss-reactive ketones (excluding diaryl/α,β-unsaturated/α-hetero) is 1. The van der Waals surface area contributed by atoms with E-state index in [1.807, 2.05) is 38.1 Å². The van der Waals surface area contributed by atoms with Gasteiger partial charge in [-0.25, -0.2) is 0 Å². The lowest BCUT2D eigenvalue weighted by molar-refractivity contribution is -0.132. The minimum Gasteiger partial charge on any atom is -0.507 e. The summed E-state index contributed by atoms with van der Waals surface area (Å²) >= 11 is 0. The number of anilines is 2. The van der Waals surface area contributed by atoms with Gasteiger partial charge in [0.1, 0.15) is 29.1 Å². The van der Waals surface area contributed by atoms with Crippen molar-refractivity contribution in [2.75, 3.05) is 30.5 Å².